The number of hydrogen-bond acceptors (Lipinski definition) is 4. The summed E-state index contributed by atoms with van der Waals surface area (Å²) < 4.78 is 4.73. The molecule has 1 unspecified atom stereocenters. The largest absolute Gasteiger partial charge is 0.479 e. The molecule has 2 amide bonds. The molecule has 1 heterocycles. The van der Waals surface area contributed by atoms with E-state index in [4.69, 9.17) is 9.84 Å². The van der Waals surface area contributed by atoms with Crippen LogP contribution >= 0.6 is 0 Å². The lowest BCUT2D eigenvalue weighted by Gasteiger charge is -2.28. The predicted octanol–water partition coefficient (Wildman–Crippen LogP) is 0.117. The van der Waals surface area contributed by atoms with Gasteiger partial charge in [0.05, 0.1) is 6.54 Å². The first-order valence-electron chi connectivity index (χ1n) is 6.98. The Kier molecular flexibility index (Phi) is 7.32. The van der Waals surface area contributed by atoms with Gasteiger partial charge in [-0.3, -0.25) is 0 Å². The fourth-order valence-corrected chi connectivity index (χ4v) is 2.26. The number of likely N-dealkylation sites (tertiary alicyclic amines) is 1. The fourth-order valence-electron chi connectivity index (χ4n) is 2.26. The summed E-state index contributed by atoms with van der Waals surface area (Å²) in [4.78, 5) is 24.5. The maximum atomic E-state index is 11.5. The zero-order valence-corrected chi connectivity index (χ0v) is 12.2. The highest BCUT2D eigenvalue weighted by molar-refractivity contribution is 5.76. The van der Waals surface area contributed by atoms with Gasteiger partial charge in [-0.2, -0.15) is 0 Å². The summed E-state index contributed by atoms with van der Waals surface area (Å²) in [5.41, 5.74) is 0. The zero-order valence-electron chi connectivity index (χ0n) is 12.2. The standard InChI is InChI=1S/C13H25N3O4/c1-16-7-4-10(5-8-16)3-6-14-13(19)15-9-11(20-2)12(17)18/h10-11H,3-9H2,1-2H3,(H,17,18)(H2,14,15,19). The van der Waals surface area contributed by atoms with Crippen LogP contribution in [-0.4, -0.2) is 68.4 Å². The molecule has 3 N–H and O–H groups in total. The van der Waals surface area contributed by atoms with Crippen LogP contribution in [0.2, 0.25) is 0 Å². The molecule has 0 spiro atoms. The average Bonchev–Trinajstić information content (AvgIpc) is 2.41. The van der Waals surface area contributed by atoms with E-state index in [0.29, 0.717) is 12.5 Å². The number of hydrogen-bond donors (Lipinski definition) is 3. The van der Waals surface area contributed by atoms with Gasteiger partial charge in [0.25, 0.3) is 0 Å². The molecule has 0 saturated carbocycles. The molecule has 0 bridgehead atoms. The number of rotatable bonds is 7. The topological polar surface area (TPSA) is 90.9 Å². The molecule has 1 rings (SSSR count). The van der Waals surface area contributed by atoms with Crippen molar-refractivity contribution < 1.29 is 19.4 Å². The van der Waals surface area contributed by atoms with Crippen molar-refractivity contribution in [3.8, 4) is 0 Å². The molecule has 1 fully saturated rings. The molecule has 0 aromatic rings. The third-order valence-corrected chi connectivity index (χ3v) is 3.68. The van der Waals surface area contributed by atoms with Gasteiger partial charge in [0.1, 0.15) is 0 Å². The molecule has 0 aromatic carbocycles. The van der Waals surface area contributed by atoms with E-state index < -0.39 is 12.1 Å². The molecule has 0 aromatic heterocycles. The van der Waals surface area contributed by atoms with Gasteiger partial charge in [-0.05, 0) is 45.3 Å². The van der Waals surface area contributed by atoms with Gasteiger partial charge in [0.15, 0.2) is 6.10 Å². The second kappa shape index (κ2) is 8.76. The second-order valence-electron chi connectivity index (χ2n) is 5.23. The monoisotopic (exact) mass is 287 g/mol. The van der Waals surface area contributed by atoms with Crippen LogP contribution < -0.4 is 10.6 Å². The number of piperidine rings is 1. The van der Waals surface area contributed by atoms with Crippen molar-refractivity contribution in [2.24, 2.45) is 5.92 Å². The van der Waals surface area contributed by atoms with Gasteiger partial charge in [0.2, 0.25) is 0 Å². The molecule has 0 radical (unpaired) electrons. The number of aliphatic carboxylic acids is 1. The van der Waals surface area contributed by atoms with Crippen LogP contribution in [0.3, 0.4) is 0 Å². The molecule has 7 nitrogen and oxygen atoms in total. The molecule has 1 saturated heterocycles. The quantitative estimate of drug-likeness (QED) is 0.618. The number of amides is 2. The van der Waals surface area contributed by atoms with Crippen LogP contribution in [0.1, 0.15) is 19.3 Å². The van der Waals surface area contributed by atoms with E-state index in [0.717, 1.165) is 19.5 Å². The van der Waals surface area contributed by atoms with Crippen LogP contribution in [0.5, 0.6) is 0 Å². The smallest absolute Gasteiger partial charge is 0.334 e. The molecular formula is C13H25N3O4. The van der Waals surface area contributed by atoms with E-state index in [1.54, 1.807) is 0 Å². The number of urea groups is 1. The minimum Gasteiger partial charge on any atom is -0.479 e. The van der Waals surface area contributed by atoms with Crippen molar-refractivity contribution in [2.45, 2.75) is 25.4 Å². The lowest BCUT2D eigenvalue weighted by molar-refractivity contribution is -0.147. The highest BCUT2D eigenvalue weighted by atomic mass is 16.5. The Hall–Kier alpha value is -1.34. The third kappa shape index (κ3) is 6.21. The highest BCUT2D eigenvalue weighted by Gasteiger charge is 2.18. The Bertz CT molecular complexity index is 317. The number of ether oxygens (including phenoxy) is 1. The predicted molar refractivity (Wildman–Crippen MR) is 74.7 cm³/mol. The summed E-state index contributed by atoms with van der Waals surface area (Å²) in [6, 6.07) is -0.346. The van der Waals surface area contributed by atoms with E-state index in [-0.39, 0.29) is 12.6 Å². The van der Waals surface area contributed by atoms with Crippen molar-refractivity contribution >= 4 is 12.0 Å². The second-order valence-corrected chi connectivity index (χ2v) is 5.23. The van der Waals surface area contributed by atoms with Crippen LogP contribution in [0, 0.1) is 5.92 Å². The van der Waals surface area contributed by atoms with E-state index in [9.17, 15) is 9.59 Å². The Morgan fingerprint density at radius 2 is 2.00 bits per heavy atom. The summed E-state index contributed by atoms with van der Waals surface area (Å²) >= 11 is 0. The highest BCUT2D eigenvalue weighted by Crippen LogP contribution is 2.18. The lowest BCUT2D eigenvalue weighted by atomic mass is 9.94. The number of carbonyl (C=O) groups is 2. The number of carbonyl (C=O) groups excluding carboxylic acids is 1. The molecule has 7 heteroatoms. The van der Waals surface area contributed by atoms with Gasteiger partial charge in [0, 0.05) is 13.7 Å². The average molecular weight is 287 g/mol. The first kappa shape index (κ1) is 16.7. The van der Waals surface area contributed by atoms with Gasteiger partial charge in [-0.15, -0.1) is 0 Å². The third-order valence-electron chi connectivity index (χ3n) is 3.68. The number of carboxylic acids is 1. The van der Waals surface area contributed by atoms with Crippen molar-refractivity contribution in [3.63, 3.8) is 0 Å². The van der Waals surface area contributed by atoms with Crippen LogP contribution in [-0.2, 0) is 9.53 Å². The Balaban J connectivity index is 2.09. The molecule has 1 aliphatic heterocycles. The van der Waals surface area contributed by atoms with Gasteiger partial charge >= 0.3 is 12.0 Å². The SMILES string of the molecule is COC(CNC(=O)NCCC1CCN(C)CC1)C(=O)O. The number of methoxy groups -OCH3 is 1. The molecule has 116 valence electrons. The molecule has 0 aliphatic carbocycles. The van der Waals surface area contributed by atoms with Crippen LogP contribution in [0.15, 0.2) is 0 Å². The van der Waals surface area contributed by atoms with E-state index >= 15 is 0 Å². The molecular weight excluding hydrogens is 262 g/mol. The number of carboxylic acid groups (broad SMARTS) is 1. The van der Waals surface area contributed by atoms with Crippen molar-refractivity contribution in [3.05, 3.63) is 0 Å². The lowest BCUT2D eigenvalue weighted by Crippen LogP contribution is -2.43. The Morgan fingerprint density at radius 3 is 2.55 bits per heavy atom. The summed E-state index contributed by atoms with van der Waals surface area (Å²) in [7, 11) is 3.43. The van der Waals surface area contributed by atoms with Gasteiger partial charge in [-0.25, -0.2) is 9.59 Å². The number of nitrogens with zero attached hydrogens (tertiary/aromatic N) is 1. The zero-order chi connectivity index (χ0) is 15.0. The molecule has 20 heavy (non-hydrogen) atoms. The van der Waals surface area contributed by atoms with E-state index in [1.807, 2.05) is 0 Å². The maximum absolute atomic E-state index is 11.5. The summed E-state index contributed by atoms with van der Waals surface area (Å²) in [6.07, 6.45) is 2.30. The maximum Gasteiger partial charge on any atom is 0.334 e. The van der Waals surface area contributed by atoms with E-state index in [2.05, 4.69) is 22.6 Å². The Labute approximate surface area is 119 Å². The van der Waals surface area contributed by atoms with Gasteiger partial charge < -0.3 is 25.4 Å². The summed E-state index contributed by atoms with van der Waals surface area (Å²) in [5, 5.41) is 14.0. The summed E-state index contributed by atoms with van der Waals surface area (Å²) in [5.74, 6) is -0.420. The minimum absolute atomic E-state index is 0.0358. The normalized spacial score (nSPS) is 18.5. The fraction of sp³-hybridized carbons (Fsp3) is 0.846. The first-order chi connectivity index (χ1) is 9.52. The van der Waals surface area contributed by atoms with Crippen LogP contribution in [0.4, 0.5) is 4.79 Å². The van der Waals surface area contributed by atoms with Gasteiger partial charge in [-0.1, -0.05) is 0 Å². The summed E-state index contributed by atoms with van der Waals surface area (Å²) in [6.45, 7) is 2.81. The van der Waals surface area contributed by atoms with Crippen molar-refractivity contribution in [2.75, 3.05) is 40.3 Å². The molecule has 1 aliphatic rings. The first-order valence-corrected chi connectivity index (χ1v) is 6.98. The molecule has 1 atom stereocenters. The minimum atomic E-state index is -1.08. The van der Waals surface area contributed by atoms with Crippen molar-refractivity contribution in [1.29, 1.82) is 0 Å². The van der Waals surface area contributed by atoms with E-state index in [1.165, 1.54) is 20.0 Å². The number of nitrogens with one attached hydrogen (secondary N) is 2. The van der Waals surface area contributed by atoms with Crippen LogP contribution in [0.25, 0.3) is 0 Å². The Morgan fingerprint density at radius 1 is 1.35 bits per heavy atom. The van der Waals surface area contributed by atoms with Crippen molar-refractivity contribution in [1.82, 2.24) is 15.5 Å².